The van der Waals surface area contributed by atoms with E-state index in [-0.39, 0.29) is 0 Å². The summed E-state index contributed by atoms with van der Waals surface area (Å²) in [5, 5.41) is 3.07. The molecular formula is C12H13NO. The van der Waals surface area contributed by atoms with Crippen molar-refractivity contribution in [1.82, 2.24) is 5.32 Å². The second kappa shape index (κ2) is 5.95. The fraction of sp³-hybridized carbons (Fsp3) is 0.250. The van der Waals surface area contributed by atoms with Gasteiger partial charge in [-0.3, -0.25) is 0 Å². The van der Waals surface area contributed by atoms with Gasteiger partial charge >= 0.3 is 0 Å². The van der Waals surface area contributed by atoms with Gasteiger partial charge in [-0.25, -0.2) is 0 Å². The van der Waals surface area contributed by atoms with E-state index in [0.717, 1.165) is 18.4 Å². The Labute approximate surface area is 84.3 Å². The molecule has 0 amide bonds. The normalized spacial score (nSPS) is 8.93. The maximum absolute atomic E-state index is 10.1. The van der Waals surface area contributed by atoms with Crippen LogP contribution in [0.1, 0.15) is 17.5 Å². The number of aldehydes is 1. The van der Waals surface area contributed by atoms with E-state index in [4.69, 9.17) is 0 Å². The first-order chi connectivity index (χ1) is 6.86. The predicted octanol–water partition coefficient (Wildman–Crippen LogP) is 1.35. The summed E-state index contributed by atoms with van der Waals surface area (Å²) in [5.41, 5.74) is 2.16. The number of nitrogens with one attached hydrogen (secondary N) is 1. The summed E-state index contributed by atoms with van der Waals surface area (Å²) in [7, 11) is 1.91. The molecule has 1 aromatic carbocycles. The van der Waals surface area contributed by atoms with Gasteiger partial charge in [0.05, 0.1) is 6.42 Å². The van der Waals surface area contributed by atoms with Gasteiger partial charge in [0, 0.05) is 12.1 Å². The van der Waals surface area contributed by atoms with Gasteiger partial charge < -0.3 is 10.1 Å². The highest BCUT2D eigenvalue weighted by Crippen LogP contribution is 2.03. The highest BCUT2D eigenvalue weighted by molar-refractivity contribution is 5.55. The molecule has 0 atom stereocenters. The quantitative estimate of drug-likeness (QED) is 0.571. The molecule has 0 bridgehead atoms. The zero-order valence-electron chi connectivity index (χ0n) is 8.21. The van der Waals surface area contributed by atoms with E-state index in [1.54, 1.807) is 0 Å². The van der Waals surface area contributed by atoms with Crippen LogP contribution in [0.3, 0.4) is 0 Å². The fourth-order valence-electron chi connectivity index (χ4n) is 1.16. The first kappa shape index (κ1) is 10.5. The van der Waals surface area contributed by atoms with Crippen molar-refractivity contribution in [3.63, 3.8) is 0 Å². The first-order valence-electron chi connectivity index (χ1n) is 4.53. The summed E-state index contributed by atoms with van der Waals surface area (Å²) in [4.78, 5) is 10.1. The molecule has 2 nitrogen and oxygen atoms in total. The van der Waals surface area contributed by atoms with E-state index >= 15 is 0 Å². The van der Waals surface area contributed by atoms with Crippen LogP contribution in [0.2, 0.25) is 0 Å². The van der Waals surface area contributed by atoms with Gasteiger partial charge in [-0.05, 0) is 24.7 Å². The number of rotatable bonds is 3. The number of carbonyl (C=O) groups excluding carboxylic acids is 1. The van der Waals surface area contributed by atoms with Crippen molar-refractivity contribution in [1.29, 1.82) is 0 Å². The Morgan fingerprint density at radius 3 is 3.07 bits per heavy atom. The van der Waals surface area contributed by atoms with E-state index in [0.29, 0.717) is 6.42 Å². The predicted molar refractivity (Wildman–Crippen MR) is 56.8 cm³/mol. The summed E-state index contributed by atoms with van der Waals surface area (Å²) in [5.74, 6) is 5.72. The monoisotopic (exact) mass is 187 g/mol. The molecule has 0 unspecified atom stereocenters. The molecular weight excluding hydrogens is 174 g/mol. The standard InChI is InChI=1S/C12H13NO/c1-13-10-12-7-4-6-11(9-12)5-2-3-8-14/h4,6-9,13H,3,10H2,1H3. The second-order valence-corrected chi connectivity index (χ2v) is 2.90. The van der Waals surface area contributed by atoms with Gasteiger partial charge in [0.15, 0.2) is 0 Å². The van der Waals surface area contributed by atoms with E-state index in [2.05, 4.69) is 17.2 Å². The van der Waals surface area contributed by atoms with Gasteiger partial charge in [0.2, 0.25) is 0 Å². The van der Waals surface area contributed by atoms with Crippen molar-refractivity contribution >= 4 is 6.29 Å². The van der Waals surface area contributed by atoms with Crippen LogP contribution in [0, 0.1) is 11.8 Å². The summed E-state index contributed by atoms with van der Waals surface area (Å²) >= 11 is 0. The Hall–Kier alpha value is -1.59. The molecule has 0 fully saturated rings. The zero-order valence-corrected chi connectivity index (χ0v) is 8.21. The van der Waals surface area contributed by atoms with Crippen molar-refractivity contribution in [3.8, 4) is 11.8 Å². The van der Waals surface area contributed by atoms with Crippen LogP contribution in [0.4, 0.5) is 0 Å². The SMILES string of the molecule is CNCc1cccc(C#CCC=O)c1. The topological polar surface area (TPSA) is 29.1 Å². The molecule has 0 saturated carbocycles. The van der Waals surface area contributed by atoms with E-state index in [9.17, 15) is 4.79 Å². The molecule has 0 radical (unpaired) electrons. The molecule has 0 aromatic heterocycles. The van der Waals surface area contributed by atoms with Crippen LogP contribution in [-0.4, -0.2) is 13.3 Å². The van der Waals surface area contributed by atoms with E-state index in [1.165, 1.54) is 5.56 Å². The highest BCUT2D eigenvalue weighted by atomic mass is 16.1. The summed E-state index contributed by atoms with van der Waals surface area (Å²) < 4.78 is 0. The molecule has 1 N–H and O–H groups in total. The smallest absolute Gasteiger partial charge is 0.131 e. The van der Waals surface area contributed by atoms with Crippen molar-refractivity contribution in [2.24, 2.45) is 0 Å². The number of benzene rings is 1. The van der Waals surface area contributed by atoms with Gasteiger partial charge in [0.1, 0.15) is 6.29 Å². The molecule has 14 heavy (non-hydrogen) atoms. The molecule has 72 valence electrons. The van der Waals surface area contributed by atoms with Gasteiger partial charge in [-0.15, -0.1) is 0 Å². The summed E-state index contributed by atoms with van der Waals surface area (Å²) in [6.45, 7) is 0.837. The highest BCUT2D eigenvalue weighted by Gasteiger charge is 1.91. The third kappa shape index (κ3) is 3.42. The van der Waals surface area contributed by atoms with Gasteiger partial charge in [-0.2, -0.15) is 0 Å². The Morgan fingerprint density at radius 1 is 1.50 bits per heavy atom. The lowest BCUT2D eigenvalue weighted by molar-refractivity contribution is -0.107. The van der Waals surface area contributed by atoms with Gasteiger partial charge in [0.25, 0.3) is 0 Å². The average Bonchev–Trinajstić information content (AvgIpc) is 2.19. The summed E-state index contributed by atoms with van der Waals surface area (Å²) in [6, 6.07) is 7.98. The molecule has 0 aliphatic carbocycles. The van der Waals surface area contributed by atoms with Crippen molar-refractivity contribution in [2.75, 3.05) is 7.05 Å². The third-order valence-electron chi connectivity index (χ3n) is 1.73. The van der Waals surface area contributed by atoms with Crippen LogP contribution >= 0.6 is 0 Å². The van der Waals surface area contributed by atoms with Crippen LogP contribution in [-0.2, 0) is 11.3 Å². The summed E-state index contributed by atoms with van der Waals surface area (Å²) in [6.07, 6.45) is 1.11. The lowest BCUT2D eigenvalue weighted by Crippen LogP contribution is -2.04. The van der Waals surface area contributed by atoms with Crippen LogP contribution < -0.4 is 5.32 Å². The van der Waals surface area contributed by atoms with Gasteiger partial charge in [-0.1, -0.05) is 24.0 Å². The Kier molecular flexibility index (Phi) is 4.46. The number of hydrogen-bond donors (Lipinski definition) is 1. The molecule has 1 rings (SSSR count). The average molecular weight is 187 g/mol. The van der Waals surface area contributed by atoms with Crippen LogP contribution in [0.5, 0.6) is 0 Å². The molecule has 0 aliphatic rings. The Bertz CT molecular complexity index is 360. The van der Waals surface area contributed by atoms with E-state index < -0.39 is 0 Å². The van der Waals surface area contributed by atoms with Crippen molar-refractivity contribution < 1.29 is 4.79 Å². The lowest BCUT2D eigenvalue weighted by Gasteiger charge is -1.99. The number of hydrogen-bond acceptors (Lipinski definition) is 2. The molecule has 0 aliphatic heterocycles. The Balaban J connectivity index is 2.74. The lowest BCUT2D eigenvalue weighted by atomic mass is 10.1. The van der Waals surface area contributed by atoms with Crippen molar-refractivity contribution in [3.05, 3.63) is 35.4 Å². The zero-order chi connectivity index (χ0) is 10.2. The third-order valence-corrected chi connectivity index (χ3v) is 1.73. The molecule has 2 heteroatoms. The Morgan fingerprint density at radius 2 is 2.36 bits per heavy atom. The van der Waals surface area contributed by atoms with Crippen LogP contribution in [0.25, 0.3) is 0 Å². The maximum atomic E-state index is 10.1. The molecule has 1 aromatic rings. The minimum absolute atomic E-state index is 0.302. The largest absolute Gasteiger partial charge is 0.316 e. The second-order valence-electron chi connectivity index (χ2n) is 2.90. The first-order valence-corrected chi connectivity index (χ1v) is 4.53. The molecule has 0 spiro atoms. The number of carbonyl (C=O) groups is 1. The minimum Gasteiger partial charge on any atom is -0.316 e. The molecule has 0 saturated heterocycles. The van der Waals surface area contributed by atoms with Crippen molar-refractivity contribution in [2.45, 2.75) is 13.0 Å². The fourth-order valence-corrected chi connectivity index (χ4v) is 1.16. The minimum atomic E-state index is 0.302. The van der Waals surface area contributed by atoms with Crippen LogP contribution in [0.15, 0.2) is 24.3 Å². The van der Waals surface area contributed by atoms with E-state index in [1.807, 2.05) is 31.3 Å². The molecule has 0 heterocycles. The maximum Gasteiger partial charge on any atom is 0.131 e.